The topological polar surface area (TPSA) is 75.7 Å². The molecule has 6 nitrogen and oxygen atoms in total. The molecule has 0 unspecified atom stereocenters. The van der Waals surface area contributed by atoms with Gasteiger partial charge < -0.3 is 10.1 Å². The second-order valence-corrected chi connectivity index (χ2v) is 8.94. The van der Waals surface area contributed by atoms with E-state index in [1.54, 1.807) is 0 Å². The Balaban J connectivity index is 1.99. The molecule has 1 N–H and O–H groups in total. The SMILES string of the molecule is Cc1ccc(OCCNC(=O)CN(c2c(C)cc(C)cc2C)S(C)(=O)=O)cc1. The minimum Gasteiger partial charge on any atom is -0.492 e. The maximum atomic E-state index is 12.3. The average Bonchev–Trinajstić information content (AvgIpc) is 2.57. The molecule has 0 atom stereocenters. The third-order valence-electron chi connectivity index (χ3n) is 4.29. The lowest BCUT2D eigenvalue weighted by molar-refractivity contribution is -0.119. The van der Waals surface area contributed by atoms with Gasteiger partial charge in [-0.25, -0.2) is 8.42 Å². The number of nitrogens with one attached hydrogen (secondary N) is 1. The van der Waals surface area contributed by atoms with E-state index in [0.717, 1.165) is 38.6 Å². The predicted molar refractivity (Wildman–Crippen MR) is 113 cm³/mol. The van der Waals surface area contributed by atoms with Crippen molar-refractivity contribution in [3.05, 3.63) is 58.7 Å². The largest absolute Gasteiger partial charge is 0.492 e. The van der Waals surface area contributed by atoms with E-state index in [1.807, 2.05) is 64.1 Å². The van der Waals surface area contributed by atoms with Crippen molar-refractivity contribution < 1.29 is 17.9 Å². The van der Waals surface area contributed by atoms with Gasteiger partial charge in [0.25, 0.3) is 0 Å². The van der Waals surface area contributed by atoms with Crippen LogP contribution < -0.4 is 14.4 Å². The van der Waals surface area contributed by atoms with Crippen LogP contribution in [0.25, 0.3) is 0 Å². The molecule has 0 saturated carbocycles. The van der Waals surface area contributed by atoms with Crippen molar-refractivity contribution in [2.75, 3.05) is 30.3 Å². The summed E-state index contributed by atoms with van der Waals surface area (Å²) in [6.45, 7) is 7.96. The molecule has 2 rings (SSSR count). The molecule has 152 valence electrons. The molecule has 0 saturated heterocycles. The summed E-state index contributed by atoms with van der Waals surface area (Å²) in [4.78, 5) is 12.3. The molecule has 0 fully saturated rings. The Morgan fingerprint density at radius 2 is 1.57 bits per heavy atom. The third kappa shape index (κ3) is 5.99. The Kier molecular flexibility index (Phi) is 7.07. The molecule has 1 amide bonds. The molecular weight excluding hydrogens is 376 g/mol. The molecule has 28 heavy (non-hydrogen) atoms. The lowest BCUT2D eigenvalue weighted by atomic mass is 10.1. The normalized spacial score (nSPS) is 11.2. The molecule has 7 heteroatoms. The van der Waals surface area contributed by atoms with Crippen molar-refractivity contribution in [1.29, 1.82) is 0 Å². The summed E-state index contributed by atoms with van der Waals surface area (Å²) in [5.74, 6) is 0.348. The number of aryl methyl sites for hydroxylation is 4. The number of hydrogen-bond donors (Lipinski definition) is 1. The van der Waals surface area contributed by atoms with Crippen LogP contribution in [0.5, 0.6) is 5.75 Å². The maximum absolute atomic E-state index is 12.3. The standard InChI is InChI=1S/C21H28N2O4S/c1-15-6-8-19(9-7-15)27-11-10-22-20(24)14-23(28(5,25)26)21-17(3)12-16(2)13-18(21)4/h6-9,12-13H,10-11,14H2,1-5H3,(H,22,24). The number of rotatable bonds is 8. The highest BCUT2D eigenvalue weighted by Gasteiger charge is 2.24. The van der Waals surface area contributed by atoms with Gasteiger partial charge in [0.2, 0.25) is 15.9 Å². The van der Waals surface area contributed by atoms with E-state index < -0.39 is 10.0 Å². The Morgan fingerprint density at radius 1 is 1.00 bits per heavy atom. The summed E-state index contributed by atoms with van der Waals surface area (Å²) < 4.78 is 31.4. The van der Waals surface area contributed by atoms with Crippen LogP contribution in [0.2, 0.25) is 0 Å². The first-order valence-corrected chi connectivity index (χ1v) is 10.9. The molecule has 0 aliphatic rings. The lowest BCUT2D eigenvalue weighted by Gasteiger charge is -2.26. The van der Waals surface area contributed by atoms with E-state index in [1.165, 1.54) is 0 Å². The molecule has 0 aliphatic heterocycles. The van der Waals surface area contributed by atoms with Gasteiger partial charge in [-0.15, -0.1) is 0 Å². The molecule has 0 radical (unpaired) electrons. The van der Waals surface area contributed by atoms with E-state index in [9.17, 15) is 13.2 Å². The van der Waals surface area contributed by atoms with Crippen LogP contribution in [0.4, 0.5) is 5.69 Å². The van der Waals surface area contributed by atoms with E-state index >= 15 is 0 Å². The van der Waals surface area contributed by atoms with Crippen LogP contribution in [0.1, 0.15) is 22.3 Å². The first-order chi connectivity index (χ1) is 13.1. The van der Waals surface area contributed by atoms with Crippen LogP contribution in [0, 0.1) is 27.7 Å². The van der Waals surface area contributed by atoms with Gasteiger partial charge in [-0.2, -0.15) is 0 Å². The van der Waals surface area contributed by atoms with Crippen LogP contribution >= 0.6 is 0 Å². The molecule has 0 aromatic heterocycles. The Bertz CT molecular complexity index is 914. The van der Waals surface area contributed by atoms with Gasteiger partial charge in [0.15, 0.2) is 0 Å². The van der Waals surface area contributed by atoms with Crippen LogP contribution in [0.3, 0.4) is 0 Å². The smallest absolute Gasteiger partial charge is 0.240 e. The summed E-state index contributed by atoms with van der Waals surface area (Å²) in [5, 5.41) is 2.72. The molecule has 2 aromatic rings. The van der Waals surface area contributed by atoms with Crippen LogP contribution in [-0.4, -0.2) is 40.3 Å². The van der Waals surface area contributed by atoms with Gasteiger partial charge in [-0.3, -0.25) is 9.10 Å². The van der Waals surface area contributed by atoms with Gasteiger partial charge in [0.05, 0.1) is 18.5 Å². The Labute approximate surface area is 167 Å². The van der Waals surface area contributed by atoms with Gasteiger partial charge in [0.1, 0.15) is 18.9 Å². The summed E-state index contributed by atoms with van der Waals surface area (Å²) >= 11 is 0. The van der Waals surface area contributed by atoms with Crippen molar-refractivity contribution in [2.45, 2.75) is 27.7 Å². The second kappa shape index (κ2) is 9.10. The van der Waals surface area contributed by atoms with E-state index in [2.05, 4.69) is 5.32 Å². The van der Waals surface area contributed by atoms with Crippen molar-refractivity contribution in [3.8, 4) is 5.75 Å². The number of hydrogen-bond acceptors (Lipinski definition) is 4. The lowest BCUT2D eigenvalue weighted by Crippen LogP contribution is -2.42. The number of benzene rings is 2. The molecule has 2 aromatic carbocycles. The summed E-state index contributed by atoms with van der Waals surface area (Å²) in [5.41, 5.74) is 4.38. The molecule has 0 aliphatic carbocycles. The zero-order chi connectivity index (χ0) is 20.9. The number of anilines is 1. The third-order valence-corrected chi connectivity index (χ3v) is 5.40. The monoisotopic (exact) mass is 404 g/mol. The van der Waals surface area contributed by atoms with E-state index in [0.29, 0.717) is 12.3 Å². The Hall–Kier alpha value is -2.54. The Morgan fingerprint density at radius 3 is 2.11 bits per heavy atom. The number of nitrogens with zero attached hydrogens (tertiary/aromatic N) is 1. The van der Waals surface area contributed by atoms with Crippen molar-refractivity contribution in [2.24, 2.45) is 0 Å². The summed E-state index contributed by atoms with van der Waals surface area (Å²) in [6.07, 6.45) is 1.11. The number of ether oxygens (including phenoxy) is 1. The highest BCUT2D eigenvalue weighted by molar-refractivity contribution is 7.92. The minimum absolute atomic E-state index is 0.270. The van der Waals surface area contributed by atoms with E-state index in [-0.39, 0.29) is 19.0 Å². The maximum Gasteiger partial charge on any atom is 0.240 e. The molecular formula is C21H28N2O4S. The van der Waals surface area contributed by atoms with Crippen LogP contribution in [-0.2, 0) is 14.8 Å². The fraction of sp³-hybridized carbons (Fsp3) is 0.381. The molecule has 0 bridgehead atoms. The van der Waals surface area contributed by atoms with Crippen molar-refractivity contribution >= 4 is 21.6 Å². The predicted octanol–water partition coefficient (Wildman–Crippen LogP) is 2.88. The second-order valence-electron chi connectivity index (χ2n) is 7.03. The number of carbonyl (C=O) groups excluding carboxylic acids is 1. The highest BCUT2D eigenvalue weighted by Crippen LogP contribution is 2.28. The molecule has 0 spiro atoms. The average molecular weight is 405 g/mol. The first-order valence-electron chi connectivity index (χ1n) is 9.09. The first kappa shape index (κ1) is 21.8. The summed E-state index contributed by atoms with van der Waals surface area (Å²) in [7, 11) is -3.61. The fourth-order valence-corrected chi connectivity index (χ4v) is 4.08. The van der Waals surface area contributed by atoms with Crippen molar-refractivity contribution in [1.82, 2.24) is 5.32 Å². The zero-order valence-electron chi connectivity index (χ0n) is 17.1. The zero-order valence-corrected chi connectivity index (χ0v) is 17.9. The van der Waals surface area contributed by atoms with Gasteiger partial charge in [-0.1, -0.05) is 35.4 Å². The summed E-state index contributed by atoms with van der Waals surface area (Å²) in [6, 6.07) is 11.5. The number of carbonyl (C=O) groups is 1. The van der Waals surface area contributed by atoms with Gasteiger partial charge >= 0.3 is 0 Å². The number of amides is 1. The van der Waals surface area contributed by atoms with Gasteiger partial charge in [-0.05, 0) is 51.0 Å². The van der Waals surface area contributed by atoms with E-state index in [4.69, 9.17) is 4.74 Å². The van der Waals surface area contributed by atoms with Gasteiger partial charge in [0, 0.05) is 0 Å². The quantitative estimate of drug-likeness (QED) is 0.687. The highest BCUT2D eigenvalue weighted by atomic mass is 32.2. The van der Waals surface area contributed by atoms with Crippen LogP contribution in [0.15, 0.2) is 36.4 Å². The number of sulfonamides is 1. The fourth-order valence-electron chi connectivity index (χ4n) is 3.11. The van der Waals surface area contributed by atoms with Crippen molar-refractivity contribution in [3.63, 3.8) is 0 Å². The molecule has 0 heterocycles. The minimum atomic E-state index is -3.61.